The average molecular weight is 359 g/mol. The average Bonchev–Trinajstić information content (AvgIpc) is 3.25. The van der Waals surface area contributed by atoms with Crippen LogP contribution >= 0.6 is 0 Å². The van der Waals surface area contributed by atoms with Crippen molar-refractivity contribution in [3.8, 4) is 17.6 Å². The first-order valence-corrected chi connectivity index (χ1v) is 8.54. The number of benzene rings is 1. The van der Waals surface area contributed by atoms with Crippen LogP contribution in [0, 0.1) is 11.3 Å². The zero-order valence-electron chi connectivity index (χ0n) is 14.8. The van der Waals surface area contributed by atoms with E-state index in [1.807, 2.05) is 36.4 Å². The van der Waals surface area contributed by atoms with Gasteiger partial charge in [-0.25, -0.2) is 4.98 Å². The lowest BCUT2D eigenvalue weighted by molar-refractivity contribution is 0.0817. The van der Waals surface area contributed by atoms with Gasteiger partial charge in [0.05, 0.1) is 23.7 Å². The number of nitrogens with zero attached hydrogens (tertiary/aromatic N) is 6. The summed E-state index contributed by atoms with van der Waals surface area (Å²) in [4.78, 5) is 18.7. The van der Waals surface area contributed by atoms with Crippen LogP contribution in [0.3, 0.4) is 0 Å². The lowest BCUT2D eigenvalue weighted by Crippen LogP contribution is -2.18. The highest BCUT2D eigenvalue weighted by molar-refractivity contribution is 6.03. The van der Waals surface area contributed by atoms with Gasteiger partial charge in [-0.15, -0.1) is 10.2 Å². The first kappa shape index (κ1) is 16.7. The summed E-state index contributed by atoms with van der Waals surface area (Å²) in [5.41, 5.74) is 3.06. The predicted molar refractivity (Wildman–Crippen MR) is 99.0 cm³/mol. The largest absolute Gasteiger partial charge is 0.340 e. The van der Waals surface area contributed by atoms with Gasteiger partial charge in [-0.05, 0) is 23.8 Å². The second-order valence-corrected chi connectivity index (χ2v) is 6.29. The molecule has 0 aliphatic carbocycles. The van der Waals surface area contributed by atoms with Gasteiger partial charge in [0.15, 0.2) is 5.82 Å². The molecule has 0 fully saturated rings. The highest BCUT2D eigenvalue weighted by Crippen LogP contribution is 2.30. The topological polar surface area (TPSA) is 99.7 Å². The number of rotatable bonds is 5. The van der Waals surface area contributed by atoms with E-state index in [1.165, 1.54) is 0 Å². The zero-order chi connectivity index (χ0) is 18.8. The number of hydrogen-bond donors (Lipinski definition) is 1. The molecule has 1 N–H and O–H groups in total. The number of anilines is 2. The minimum atomic E-state index is 0.000464. The number of fused-ring (bicyclic) bond motifs is 1. The SMILES string of the molecule is CN1Cc2cccc(Nc3cccc(-c4nncn4CCC#N)n3)c2C1=O. The van der Waals surface area contributed by atoms with E-state index in [0.717, 1.165) is 11.3 Å². The highest BCUT2D eigenvalue weighted by atomic mass is 16.2. The normalized spacial score (nSPS) is 12.7. The number of nitriles is 1. The van der Waals surface area contributed by atoms with Crippen molar-refractivity contribution < 1.29 is 4.79 Å². The van der Waals surface area contributed by atoms with Gasteiger partial charge >= 0.3 is 0 Å². The smallest absolute Gasteiger partial charge is 0.256 e. The molecule has 27 heavy (non-hydrogen) atoms. The standard InChI is InChI=1S/C19H17N7O/c1-25-11-13-5-2-6-14(17(13)19(25)27)22-16-8-3-7-15(23-16)18-24-21-12-26(18)10-4-9-20/h2-3,5-8,12H,4,10-11H2,1H3,(H,22,23). The molecule has 134 valence electrons. The number of nitrogens with one attached hydrogen (secondary N) is 1. The summed E-state index contributed by atoms with van der Waals surface area (Å²) in [6.07, 6.45) is 1.96. The molecule has 0 bridgehead atoms. The van der Waals surface area contributed by atoms with Crippen LogP contribution in [0.15, 0.2) is 42.7 Å². The molecule has 0 atom stereocenters. The third-order valence-electron chi connectivity index (χ3n) is 4.44. The number of aromatic nitrogens is 4. The van der Waals surface area contributed by atoms with Crippen LogP contribution in [0.5, 0.6) is 0 Å². The van der Waals surface area contributed by atoms with Crippen LogP contribution in [-0.4, -0.2) is 37.6 Å². The van der Waals surface area contributed by atoms with Gasteiger partial charge in [0.25, 0.3) is 5.91 Å². The molecule has 0 saturated carbocycles. The van der Waals surface area contributed by atoms with Gasteiger partial charge < -0.3 is 14.8 Å². The Morgan fingerprint density at radius 1 is 1.26 bits per heavy atom. The number of amides is 1. The van der Waals surface area contributed by atoms with Gasteiger partial charge in [0.2, 0.25) is 0 Å². The summed E-state index contributed by atoms with van der Waals surface area (Å²) < 4.78 is 1.80. The van der Waals surface area contributed by atoms with E-state index in [1.54, 1.807) is 22.8 Å². The van der Waals surface area contributed by atoms with E-state index in [2.05, 4.69) is 26.6 Å². The van der Waals surface area contributed by atoms with E-state index in [9.17, 15) is 4.79 Å². The number of carbonyl (C=O) groups is 1. The summed E-state index contributed by atoms with van der Waals surface area (Å²) >= 11 is 0. The van der Waals surface area contributed by atoms with Crippen LogP contribution in [0.1, 0.15) is 22.3 Å². The van der Waals surface area contributed by atoms with Crippen molar-refractivity contribution in [3.05, 3.63) is 53.9 Å². The van der Waals surface area contributed by atoms with Gasteiger partial charge in [-0.3, -0.25) is 4.79 Å². The van der Waals surface area contributed by atoms with Gasteiger partial charge in [-0.1, -0.05) is 18.2 Å². The molecule has 0 radical (unpaired) electrons. The van der Waals surface area contributed by atoms with Crippen molar-refractivity contribution >= 4 is 17.4 Å². The van der Waals surface area contributed by atoms with Crippen LogP contribution in [0.2, 0.25) is 0 Å². The molecular weight excluding hydrogens is 342 g/mol. The Balaban J connectivity index is 1.64. The molecule has 2 aromatic heterocycles. The fourth-order valence-corrected chi connectivity index (χ4v) is 3.16. The molecule has 0 saturated heterocycles. The fourth-order valence-electron chi connectivity index (χ4n) is 3.16. The van der Waals surface area contributed by atoms with Crippen molar-refractivity contribution in [2.75, 3.05) is 12.4 Å². The Labute approximate surface area is 156 Å². The number of aryl methyl sites for hydroxylation is 1. The van der Waals surface area contributed by atoms with Crippen LogP contribution in [-0.2, 0) is 13.1 Å². The third-order valence-corrected chi connectivity index (χ3v) is 4.44. The highest BCUT2D eigenvalue weighted by Gasteiger charge is 2.27. The molecular formula is C19H17N7O. The maximum atomic E-state index is 12.4. The summed E-state index contributed by atoms with van der Waals surface area (Å²) in [5, 5.41) is 20.1. The lowest BCUT2D eigenvalue weighted by Gasteiger charge is -2.11. The molecule has 3 aromatic rings. The summed E-state index contributed by atoms with van der Waals surface area (Å²) in [5.74, 6) is 1.21. The molecule has 1 aliphatic heterocycles. The summed E-state index contributed by atoms with van der Waals surface area (Å²) in [6, 6.07) is 13.4. The molecule has 1 amide bonds. The zero-order valence-corrected chi connectivity index (χ0v) is 14.8. The van der Waals surface area contributed by atoms with E-state index in [0.29, 0.717) is 42.4 Å². The van der Waals surface area contributed by atoms with E-state index >= 15 is 0 Å². The lowest BCUT2D eigenvalue weighted by atomic mass is 10.1. The molecule has 8 nitrogen and oxygen atoms in total. The van der Waals surface area contributed by atoms with E-state index < -0.39 is 0 Å². The second-order valence-electron chi connectivity index (χ2n) is 6.29. The second kappa shape index (κ2) is 6.88. The van der Waals surface area contributed by atoms with Crippen molar-refractivity contribution in [1.29, 1.82) is 5.26 Å². The van der Waals surface area contributed by atoms with Gasteiger partial charge in [0, 0.05) is 20.1 Å². The van der Waals surface area contributed by atoms with Gasteiger partial charge in [-0.2, -0.15) is 5.26 Å². The molecule has 1 aromatic carbocycles. The summed E-state index contributed by atoms with van der Waals surface area (Å²) in [6.45, 7) is 1.12. The van der Waals surface area contributed by atoms with E-state index in [4.69, 9.17) is 5.26 Å². The van der Waals surface area contributed by atoms with E-state index in [-0.39, 0.29) is 5.91 Å². The molecule has 0 unspecified atom stereocenters. The third kappa shape index (κ3) is 3.11. The molecule has 8 heteroatoms. The molecule has 0 spiro atoms. The predicted octanol–water partition coefficient (Wildman–Crippen LogP) is 2.58. The minimum absolute atomic E-state index is 0.000464. The monoisotopic (exact) mass is 359 g/mol. The fraction of sp³-hybridized carbons (Fsp3) is 0.211. The maximum Gasteiger partial charge on any atom is 0.256 e. The first-order chi connectivity index (χ1) is 13.2. The Kier molecular flexibility index (Phi) is 4.26. The Bertz CT molecular complexity index is 1050. The van der Waals surface area contributed by atoms with Crippen molar-refractivity contribution in [2.45, 2.75) is 19.5 Å². The van der Waals surface area contributed by atoms with Crippen LogP contribution in [0.4, 0.5) is 11.5 Å². The number of pyridine rings is 1. The van der Waals surface area contributed by atoms with Gasteiger partial charge in [0.1, 0.15) is 17.8 Å². The van der Waals surface area contributed by atoms with Crippen molar-refractivity contribution in [3.63, 3.8) is 0 Å². The van der Waals surface area contributed by atoms with Crippen molar-refractivity contribution in [1.82, 2.24) is 24.6 Å². The molecule has 1 aliphatic rings. The number of carbonyl (C=O) groups excluding carboxylic acids is 1. The van der Waals surface area contributed by atoms with Crippen molar-refractivity contribution in [2.24, 2.45) is 0 Å². The maximum absolute atomic E-state index is 12.4. The van der Waals surface area contributed by atoms with Crippen LogP contribution < -0.4 is 5.32 Å². The molecule has 3 heterocycles. The Hall–Kier alpha value is -3.73. The number of hydrogen-bond acceptors (Lipinski definition) is 6. The Morgan fingerprint density at radius 2 is 2.11 bits per heavy atom. The van der Waals surface area contributed by atoms with Crippen LogP contribution in [0.25, 0.3) is 11.5 Å². The minimum Gasteiger partial charge on any atom is -0.340 e. The Morgan fingerprint density at radius 3 is 2.96 bits per heavy atom. The molecule has 4 rings (SSSR count). The quantitative estimate of drug-likeness (QED) is 0.751. The summed E-state index contributed by atoms with van der Waals surface area (Å²) in [7, 11) is 1.79. The first-order valence-electron chi connectivity index (χ1n) is 8.54.